The Morgan fingerprint density at radius 3 is 1.65 bits per heavy atom. The number of nitrogens with zero attached hydrogens (tertiary/aromatic N) is 6. The van der Waals surface area contributed by atoms with E-state index in [4.69, 9.17) is 33.2 Å². The average molecular weight is 1200 g/mol. The zero-order valence-corrected chi connectivity index (χ0v) is 52.0. The monoisotopic (exact) mass is 1200 g/mol. The molecule has 0 aromatic heterocycles. The van der Waals surface area contributed by atoms with Crippen LogP contribution in [0.25, 0.3) is 0 Å². The molecule has 466 valence electrons. The van der Waals surface area contributed by atoms with Crippen molar-refractivity contribution in [2.24, 2.45) is 0 Å². The zero-order chi connectivity index (χ0) is 62.6. The molecule has 8 atom stereocenters. The zero-order valence-electron chi connectivity index (χ0n) is 52.0. The van der Waals surface area contributed by atoms with E-state index in [0.29, 0.717) is 103 Å². The van der Waals surface area contributed by atoms with Crippen LogP contribution in [0.1, 0.15) is 119 Å². The van der Waals surface area contributed by atoms with Crippen LogP contribution in [0.3, 0.4) is 0 Å². The van der Waals surface area contributed by atoms with Crippen LogP contribution in [0, 0.1) is 20.8 Å². The van der Waals surface area contributed by atoms with E-state index in [9.17, 15) is 34.6 Å². The lowest BCUT2D eigenvalue weighted by molar-refractivity contribution is -0.196. The number of rotatable bonds is 14. The lowest BCUT2D eigenvalue weighted by atomic mass is 9.80. The molecule has 4 aromatic rings. The molecule has 0 bridgehead atoms. The normalized spacial score (nSPS) is 24.9. The molecule has 12 rings (SSSR count). The summed E-state index contributed by atoms with van der Waals surface area (Å²) in [6, 6.07) is 16.0. The number of carbonyl (C=O) groups is 3. The quantitative estimate of drug-likeness (QED) is 0.0531. The summed E-state index contributed by atoms with van der Waals surface area (Å²) in [7, 11) is -1.16. The highest BCUT2D eigenvalue weighted by atomic mass is 16.7. The smallest absolute Gasteiger partial charge is 0.411 e. The van der Waals surface area contributed by atoms with Gasteiger partial charge in [-0.2, -0.15) is 0 Å². The number of hydrogen-bond donors (Lipinski definition) is 4. The Balaban J connectivity index is 0.000000238. The molecule has 3 amide bonds. The third kappa shape index (κ3) is 12.4. The summed E-state index contributed by atoms with van der Waals surface area (Å²) in [5, 5.41) is 43.3. The van der Waals surface area contributed by atoms with Crippen molar-refractivity contribution in [2.75, 3.05) is 47.8 Å². The Kier molecular flexibility index (Phi) is 18.4. The Morgan fingerprint density at radius 1 is 0.568 bits per heavy atom. The Bertz CT molecular complexity index is 3370. The van der Waals surface area contributed by atoms with Crippen LogP contribution >= 0.6 is 0 Å². The number of methoxy groups -OCH3 is 1. The number of phenolic OH excluding ortho intramolecular Hbond substituents is 1. The van der Waals surface area contributed by atoms with Crippen molar-refractivity contribution in [2.45, 2.75) is 175 Å². The summed E-state index contributed by atoms with van der Waals surface area (Å²) < 4.78 is 43.5. The van der Waals surface area contributed by atoms with Gasteiger partial charge in [-0.1, -0.05) is 48.6 Å². The first-order valence-electron chi connectivity index (χ1n) is 31.0. The Morgan fingerprint density at radius 2 is 1.08 bits per heavy atom. The van der Waals surface area contributed by atoms with Crippen molar-refractivity contribution < 1.29 is 67.7 Å². The Labute approximate surface area is 517 Å². The number of aryl methyl sites for hydroxylation is 3. The SMILES string of the molecule is C=C1C[C@H]2[C@H](C)N(B(C)O)c3cc(OCc4cc(C)cc(COc5cc6c(cc5C)CN5C(=O)C(=C)C[C@H]5[C@H](OC5CCCCO5)N6B(C)O)c4)c(OC)cc3C(=O)N2C1.C=C1C[C@H]2[C@H](OC3CCCCO3)N(B(C)O)c3cc(O)c(C)cc3C(=O)N2C1. The van der Waals surface area contributed by atoms with Crippen molar-refractivity contribution in [3.05, 3.63) is 136 Å². The van der Waals surface area contributed by atoms with Crippen molar-refractivity contribution in [3.8, 4) is 23.0 Å². The number of aromatic hydroxyl groups is 1. The second-order valence-corrected chi connectivity index (χ2v) is 25.0. The molecule has 8 aliphatic rings. The minimum Gasteiger partial charge on any atom is -0.508 e. The second-order valence-electron chi connectivity index (χ2n) is 25.0. The van der Waals surface area contributed by atoms with Crippen LogP contribution in [0.2, 0.25) is 20.5 Å². The first-order chi connectivity index (χ1) is 42.1. The molecular formula is C65H83B3N6O14. The molecule has 8 heterocycles. The molecule has 88 heavy (non-hydrogen) atoms. The van der Waals surface area contributed by atoms with Gasteiger partial charge in [-0.05, 0) is 152 Å². The number of phenols is 1. The maximum Gasteiger partial charge on any atom is 0.411 e. The first kappa shape index (κ1) is 62.6. The highest BCUT2D eigenvalue weighted by Crippen LogP contribution is 2.46. The molecule has 0 saturated carbocycles. The van der Waals surface area contributed by atoms with E-state index in [1.807, 2.05) is 58.4 Å². The molecule has 4 aromatic carbocycles. The van der Waals surface area contributed by atoms with E-state index in [2.05, 4.69) is 31.9 Å². The van der Waals surface area contributed by atoms with E-state index in [1.165, 1.54) is 0 Å². The summed E-state index contributed by atoms with van der Waals surface area (Å²) in [4.78, 5) is 51.5. The average Bonchev–Trinajstić information content (AvgIpc) is 1.84. The van der Waals surface area contributed by atoms with Crippen LogP contribution in [0.5, 0.6) is 23.0 Å². The minimum absolute atomic E-state index is 0.0799. The maximum absolute atomic E-state index is 13.9. The summed E-state index contributed by atoms with van der Waals surface area (Å²) in [6.45, 7) is 28.2. The predicted octanol–water partition coefficient (Wildman–Crippen LogP) is 8.29. The van der Waals surface area contributed by atoms with Crippen LogP contribution < -0.4 is 28.6 Å². The fourth-order valence-electron chi connectivity index (χ4n) is 14.2. The number of carbonyl (C=O) groups excluding carboxylic acids is 3. The van der Waals surface area contributed by atoms with E-state index in [1.54, 1.807) is 68.5 Å². The van der Waals surface area contributed by atoms with Gasteiger partial charge in [-0.15, -0.1) is 0 Å². The fraction of sp³-hybridized carbons (Fsp3) is 0.492. The molecule has 4 N–H and O–H groups in total. The van der Waals surface area contributed by atoms with Crippen molar-refractivity contribution >= 4 is 55.9 Å². The topological polar surface area (TPSA) is 216 Å². The number of anilines is 3. The lowest BCUT2D eigenvalue weighted by Crippen LogP contribution is -2.56. The molecule has 23 heteroatoms. The van der Waals surface area contributed by atoms with Gasteiger partial charge in [0.05, 0.1) is 36.4 Å². The largest absolute Gasteiger partial charge is 0.508 e. The Hall–Kier alpha value is -6.98. The van der Waals surface area contributed by atoms with Crippen LogP contribution in [-0.4, -0.2) is 156 Å². The molecule has 5 fully saturated rings. The lowest BCUT2D eigenvalue weighted by Gasteiger charge is -2.40. The third-order valence-corrected chi connectivity index (χ3v) is 18.4. The van der Waals surface area contributed by atoms with Gasteiger partial charge in [0.15, 0.2) is 24.1 Å². The predicted molar refractivity (Wildman–Crippen MR) is 337 cm³/mol. The maximum atomic E-state index is 13.9. The van der Waals surface area contributed by atoms with E-state index < -0.39 is 39.9 Å². The molecule has 8 aliphatic heterocycles. The van der Waals surface area contributed by atoms with Crippen molar-refractivity contribution in [1.29, 1.82) is 0 Å². The number of ether oxygens (including phenoxy) is 7. The minimum atomic E-state index is -0.939. The molecule has 20 nitrogen and oxygen atoms in total. The van der Waals surface area contributed by atoms with Gasteiger partial charge in [0, 0.05) is 86.1 Å². The van der Waals surface area contributed by atoms with Gasteiger partial charge in [0.25, 0.3) is 11.8 Å². The summed E-state index contributed by atoms with van der Waals surface area (Å²) in [6.07, 6.45) is 5.12. The molecule has 5 saturated heterocycles. The van der Waals surface area contributed by atoms with Crippen molar-refractivity contribution in [1.82, 2.24) is 14.7 Å². The summed E-state index contributed by atoms with van der Waals surface area (Å²) in [5.74, 6) is 1.25. The van der Waals surface area contributed by atoms with E-state index in [0.717, 1.165) is 83.2 Å². The van der Waals surface area contributed by atoms with E-state index >= 15 is 0 Å². The standard InChI is InChI=1S/C45H56B2N4O9.C20H27BN2O5/c1-26-13-31(18-32(14-26)25-59-41-21-37-34(19-40(41)56-8)44(53)48-22-27(2)15-35(48)30(5)50(37)46(6)54)24-58-39-20-36-33(16-28(39)3)23-49-38(17-29(4)43(49)52)45(51(36)47(7)55)60-42-11-9-10-12-57-42;1-12-8-16-20(28-18-6-4-5-7-27-18)23(21(3)26)15-10-17(24)13(2)9-14(15)19(25)22(16)11-12/h13-14,16,18-21,30,35,38,42,45,54-55H,2,4,9-12,15,17,22-25H2,1,3,5-8H3;9-10,16,18,20,24,26H,1,4-8,11H2,2-3H3/t30-,35-,38-,42?,45-;16-,18?,20-/m00/s1. The molecule has 2 unspecified atom stereocenters. The molecule has 0 radical (unpaired) electrons. The molecule has 0 spiro atoms. The number of hydrogen-bond acceptors (Lipinski definition) is 17. The number of benzene rings is 4. The summed E-state index contributed by atoms with van der Waals surface area (Å²) in [5.41, 5.74) is 10.5. The van der Waals surface area contributed by atoms with Gasteiger partial charge in [0.1, 0.15) is 37.2 Å². The second kappa shape index (κ2) is 25.9. The molecular weight excluding hydrogens is 1120 g/mol. The van der Waals surface area contributed by atoms with Gasteiger partial charge in [-0.3, -0.25) is 14.4 Å². The van der Waals surface area contributed by atoms with Crippen LogP contribution in [0.4, 0.5) is 17.1 Å². The van der Waals surface area contributed by atoms with E-state index in [-0.39, 0.29) is 67.1 Å². The van der Waals surface area contributed by atoms with Crippen LogP contribution in [-0.2, 0) is 43.5 Å². The number of fused-ring (bicyclic) bond motifs is 6. The third-order valence-electron chi connectivity index (χ3n) is 18.4. The number of amides is 3. The fourth-order valence-corrected chi connectivity index (χ4v) is 14.2. The van der Waals surface area contributed by atoms with Crippen LogP contribution in [0.15, 0.2) is 91.1 Å². The summed E-state index contributed by atoms with van der Waals surface area (Å²) >= 11 is 0. The molecule has 0 aliphatic carbocycles. The highest BCUT2D eigenvalue weighted by Gasteiger charge is 2.50. The first-order valence-corrected chi connectivity index (χ1v) is 31.0. The van der Waals surface area contributed by atoms with Gasteiger partial charge in [-0.25, -0.2) is 0 Å². The van der Waals surface area contributed by atoms with Gasteiger partial charge < -0.3 is 82.5 Å². The highest BCUT2D eigenvalue weighted by molar-refractivity contribution is 6.55. The van der Waals surface area contributed by atoms with Gasteiger partial charge >= 0.3 is 21.2 Å². The van der Waals surface area contributed by atoms with Gasteiger partial charge in [0.2, 0.25) is 5.91 Å². The van der Waals surface area contributed by atoms with Crippen molar-refractivity contribution in [3.63, 3.8) is 0 Å².